The van der Waals surface area contributed by atoms with Crippen LogP contribution in [0.4, 0.5) is 4.79 Å². The van der Waals surface area contributed by atoms with Gasteiger partial charge in [0.25, 0.3) is 0 Å². The Morgan fingerprint density at radius 2 is 1.81 bits per heavy atom. The van der Waals surface area contributed by atoms with Gasteiger partial charge >= 0.3 is 6.03 Å². The number of hydrogen-bond acceptors (Lipinski definition) is 3. The van der Waals surface area contributed by atoms with Crippen LogP contribution in [0.15, 0.2) is 29.2 Å². The number of benzene rings is 1. The molecule has 1 aromatic carbocycles. The van der Waals surface area contributed by atoms with E-state index in [1.54, 1.807) is 11.8 Å². The van der Waals surface area contributed by atoms with Crippen molar-refractivity contribution in [3.8, 4) is 0 Å². The molecule has 116 valence electrons. The summed E-state index contributed by atoms with van der Waals surface area (Å²) < 4.78 is 0. The molecule has 6 heteroatoms. The number of hydrogen-bond donors (Lipinski definition) is 3. The van der Waals surface area contributed by atoms with Crippen molar-refractivity contribution in [1.29, 1.82) is 0 Å². The molecule has 4 N–H and O–H groups in total. The quantitative estimate of drug-likeness (QED) is 0.482. The van der Waals surface area contributed by atoms with E-state index >= 15 is 0 Å². The summed E-state index contributed by atoms with van der Waals surface area (Å²) in [5.74, 6) is 0.913. The molecule has 0 spiro atoms. The third-order valence-electron chi connectivity index (χ3n) is 2.84. The van der Waals surface area contributed by atoms with Gasteiger partial charge in [-0.2, -0.15) is 0 Å². The van der Waals surface area contributed by atoms with Crippen molar-refractivity contribution >= 4 is 23.7 Å². The first-order valence-electron chi connectivity index (χ1n) is 7.07. The molecule has 0 unspecified atom stereocenters. The van der Waals surface area contributed by atoms with Crippen LogP contribution in [0.25, 0.3) is 0 Å². The third kappa shape index (κ3) is 8.96. The molecule has 21 heavy (non-hydrogen) atoms. The average Bonchev–Trinajstić information content (AvgIpc) is 2.45. The van der Waals surface area contributed by atoms with Crippen molar-refractivity contribution < 1.29 is 9.59 Å². The largest absolute Gasteiger partial charge is 0.355 e. The highest BCUT2D eigenvalue weighted by molar-refractivity contribution is 7.99. The van der Waals surface area contributed by atoms with Crippen molar-refractivity contribution in [2.24, 2.45) is 5.73 Å². The molecule has 0 saturated carbocycles. The minimum atomic E-state index is -0.521. The Balaban J connectivity index is 2.00. The fourth-order valence-corrected chi connectivity index (χ4v) is 2.47. The Morgan fingerprint density at radius 1 is 1.10 bits per heavy atom. The van der Waals surface area contributed by atoms with Crippen molar-refractivity contribution in [2.45, 2.75) is 31.1 Å². The third-order valence-corrected chi connectivity index (χ3v) is 3.86. The molecule has 0 atom stereocenters. The van der Waals surface area contributed by atoms with Crippen molar-refractivity contribution in [3.63, 3.8) is 0 Å². The molecule has 1 aromatic rings. The number of aryl methyl sites for hydroxylation is 1. The zero-order valence-electron chi connectivity index (χ0n) is 12.4. The first-order chi connectivity index (χ1) is 10.1. The summed E-state index contributed by atoms with van der Waals surface area (Å²) >= 11 is 1.73. The summed E-state index contributed by atoms with van der Waals surface area (Å²) in [6.45, 7) is 3.25. The molecule has 3 amide bonds. The van der Waals surface area contributed by atoms with Crippen LogP contribution in [0.1, 0.15) is 24.8 Å². The van der Waals surface area contributed by atoms with Crippen molar-refractivity contribution in [3.05, 3.63) is 29.8 Å². The summed E-state index contributed by atoms with van der Waals surface area (Å²) in [5, 5.41) is 5.39. The van der Waals surface area contributed by atoms with E-state index in [-0.39, 0.29) is 5.91 Å². The minimum absolute atomic E-state index is 0.0542. The van der Waals surface area contributed by atoms with E-state index in [2.05, 4.69) is 41.8 Å². The molecule has 0 radical (unpaired) electrons. The normalized spacial score (nSPS) is 10.1. The number of primary amides is 1. The lowest BCUT2D eigenvalue weighted by Gasteiger charge is -2.06. The van der Waals surface area contributed by atoms with Gasteiger partial charge in [0.1, 0.15) is 0 Å². The Kier molecular flexibility index (Phi) is 8.35. The number of unbranched alkanes of at least 4 members (excludes halogenated alkanes) is 1. The molecule has 0 aliphatic rings. The lowest BCUT2D eigenvalue weighted by Crippen LogP contribution is -2.30. The average molecular weight is 309 g/mol. The van der Waals surface area contributed by atoms with Crippen LogP contribution in [-0.4, -0.2) is 30.8 Å². The van der Waals surface area contributed by atoms with Crippen LogP contribution in [0.2, 0.25) is 0 Å². The van der Waals surface area contributed by atoms with E-state index < -0.39 is 6.03 Å². The van der Waals surface area contributed by atoms with E-state index in [1.165, 1.54) is 10.5 Å². The Labute approximate surface area is 130 Å². The summed E-state index contributed by atoms with van der Waals surface area (Å²) in [4.78, 5) is 23.2. The molecule has 0 aliphatic carbocycles. The van der Waals surface area contributed by atoms with Gasteiger partial charge in [-0.25, -0.2) is 4.79 Å². The highest BCUT2D eigenvalue weighted by atomic mass is 32.2. The van der Waals surface area contributed by atoms with E-state index in [9.17, 15) is 9.59 Å². The Morgan fingerprint density at radius 3 is 2.48 bits per heavy atom. The minimum Gasteiger partial charge on any atom is -0.355 e. The van der Waals surface area contributed by atoms with Gasteiger partial charge in [-0.1, -0.05) is 17.7 Å². The summed E-state index contributed by atoms with van der Waals surface area (Å²) in [5.41, 5.74) is 6.19. The van der Waals surface area contributed by atoms with Crippen LogP contribution in [-0.2, 0) is 4.79 Å². The molecule has 0 saturated heterocycles. The monoisotopic (exact) mass is 309 g/mol. The predicted molar refractivity (Wildman–Crippen MR) is 86.3 cm³/mol. The lowest BCUT2D eigenvalue weighted by molar-refractivity contribution is -0.121. The van der Waals surface area contributed by atoms with Gasteiger partial charge in [-0.3, -0.25) is 4.79 Å². The molecule has 0 aromatic heterocycles. The number of thioether (sulfide) groups is 1. The van der Waals surface area contributed by atoms with Gasteiger partial charge in [0.15, 0.2) is 0 Å². The maximum atomic E-state index is 11.6. The number of rotatable bonds is 9. The first kappa shape index (κ1) is 17.4. The van der Waals surface area contributed by atoms with Gasteiger partial charge < -0.3 is 16.4 Å². The van der Waals surface area contributed by atoms with Crippen LogP contribution in [0.3, 0.4) is 0 Å². The van der Waals surface area contributed by atoms with Crippen LogP contribution >= 0.6 is 11.8 Å². The van der Waals surface area contributed by atoms with E-state index in [1.807, 2.05) is 0 Å². The molecular formula is C15H23N3O2S. The number of amides is 3. The second-order valence-electron chi connectivity index (χ2n) is 4.76. The van der Waals surface area contributed by atoms with Crippen LogP contribution in [0.5, 0.6) is 0 Å². The van der Waals surface area contributed by atoms with Crippen molar-refractivity contribution in [2.75, 3.05) is 18.8 Å². The van der Waals surface area contributed by atoms with Crippen LogP contribution in [0, 0.1) is 6.92 Å². The van der Waals surface area contributed by atoms with Gasteiger partial charge in [0.2, 0.25) is 5.91 Å². The highest BCUT2D eigenvalue weighted by Gasteiger charge is 2.01. The number of carbonyl (C=O) groups excluding carboxylic acids is 2. The summed E-state index contributed by atoms with van der Waals surface area (Å²) in [6, 6.07) is 7.83. The van der Waals surface area contributed by atoms with E-state index in [0.717, 1.165) is 18.6 Å². The molecule has 0 aliphatic heterocycles. The SMILES string of the molecule is Cc1ccc(SCCNC(=O)CCCCNC(N)=O)cc1. The maximum Gasteiger partial charge on any atom is 0.312 e. The number of carbonyl (C=O) groups is 2. The van der Waals surface area contributed by atoms with Crippen LogP contribution < -0.4 is 16.4 Å². The first-order valence-corrected chi connectivity index (χ1v) is 8.06. The number of urea groups is 1. The summed E-state index contributed by atoms with van der Waals surface area (Å²) in [6.07, 6.45) is 1.99. The second-order valence-corrected chi connectivity index (χ2v) is 5.93. The topological polar surface area (TPSA) is 84.2 Å². The summed E-state index contributed by atoms with van der Waals surface area (Å²) in [7, 11) is 0. The Bertz CT molecular complexity index is 449. The van der Waals surface area contributed by atoms with Gasteiger partial charge in [-0.15, -0.1) is 11.8 Å². The Hall–Kier alpha value is -1.69. The van der Waals surface area contributed by atoms with Gasteiger partial charge in [0, 0.05) is 30.2 Å². The highest BCUT2D eigenvalue weighted by Crippen LogP contribution is 2.17. The molecule has 0 bridgehead atoms. The standard InChI is InChI=1S/C15H23N3O2S/c1-12-5-7-13(8-6-12)21-11-10-17-14(19)4-2-3-9-18-15(16)20/h5-8H,2-4,9-11H2,1H3,(H,17,19)(H3,16,18,20). The molecule has 0 fully saturated rings. The number of nitrogens with two attached hydrogens (primary N) is 1. The zero-order valence-corrected chi connectivity index (χ0v) is 13.2. The molecular weight excluding hydrogens is 286 g/mol. The smallest absolute Gasteiger partial charge is 0.312 e. The fourth-order valence-electron chi connectivity index (χ4n) is 1.70. The van der Waals surface area contributed by atoms with Gasteiger partial charge in [0.05, 0.1) is 0 Å². The molecule has 0 heterocycles. The lowest BCUT2D eigenvalue weighted by atomic mass is 10.2. The molecule has 5 nitrogen and oxygen atoms in total. The van der Waals surface area contributed by atoms with E-state index in [4.69, 9.17) is 5.73 Å². The fraction of sp³-hybridized carbons (Fsp3) is 0.467. The van der Waals surface area contributed by atoms with Gasteiger partial charge in [-0.05, 0) is 31.9 Å². The predicted octanol–water partition coefficient (Wildman–Crippen LogP) is 2.04. The second kappa shape index (κ2) is 10.1. The van der Waals surface area contributed by atoms with E-state index in [0.29, 0.717) is 19.5 Å². The zero-order chi connectivity index (χ0) is 15.5. The maximum absolute atomic E-state index is 11.6. The number of nitrogens with one attached hydrogen (secondary N) is 2. The molecule has 1 rings (SSSR count). The van der Waals surface area contributed by atoms with Crippen molar-refractivity contribution in [1.82, 2.24) is 10.6 Å².